The molecule has 1 heterocycles. The molecule has 0 saturated carbocycles. The highest BCUT2D eigenvalue weighted by molar-refractivity contribution is 5.93. The third kappa shape index (κ3) is 3.73. The van der Waals surface area contributed by atoms with Crippen molar-refractivity contribution in [1.29, 1.82) is 0 Å². The van der Waals surface area contributed by atoms with Gasteiger partial charge in [-0.3, -0.25) is 0 Å². The fraction of sp³-hybridized carbons (Fsp3) is 0.769. The standard InChI is InChI=1S/C13H24N2O2/c1-8(2)5-10(4)13(15-16)12(14)11-6-9(3)7-17-11/h6,8-10,12,16H,5,7,14H2,1-4H3/b15-13-. The average Bonchev–Trinajstić information content (AvgIpc) is 2.64. The van der Waals surface area contributed by atoms with Gasteiger partial charge in [0.15, 0.2) is 0 Å². The van der Waals surface area contributed by atoms with Gasteiger partial charge in [0.2, 0.25) is 0 Å². The van der Waals surface area contributed by atoms with E-state index in [2.05, 4.69) is 25.9 Å². The molecule has 0 aromatic carbocycles. The molecule has 17 heavy (non-hydrogen) atoms. The molecule has 98 valence electrons. The normalized spacial score (nSPS) is 24.5. The highest BCUT2D eigenvalue weighted by Gasteiger charge is 2.27. The van der Waals surface area contributed by atoms with Crippen LogP contribution in [0.5, 0.6) is 0 Å². The summed E-state index contributed by atoms with van der Waals surface area (Å²) < 4.78 is 5.51. The summed E-state index contributed by atoms with van der Waals surface area (Å²) in [6.07, 6.45) is 2.97. The van der Waals surface area contributed by atoms with E-state index in [0.717, 1.165) is 12.2 Å². The molecule has 0 saturated heterocycles. The van der Waals surface area contributed by atoms with Crippen molar-refractivity contribution in [3.8, 4) is 0 Å². The molecule has 0 aliphatic carbocycles. The smallest absolute Gasteiger partial charge is 0.115 e. The Hall–Kier alpha value is -1.03. The SMILES string of the molecule is CC(C)CC(C)/C(=N/O)C(N)C1=CC(C)CO1. The molecule has 0 amide bonds. The average molecular weight is 240 g/mol. The zero-order valence-electron chi connectivity index (χ0n) is 11.2. The van der Waals surface area contributed by atoms with Gasteiger partial charge in [-0.2, -0.15) is 0 Å². The summed E-state index contributed by atoms with van der Waals surface area (Å²) in [4.78, 5) is 0. The van der Waals surface area contributed by atoms with Gasteiger partial charge >= 0.3 is 0 Å². The molecular weight excluding hydrogens is 216 g/mol. The molecule has 0 fully saturated rings. The Morgan fingerprint density at radius 1 is 1.59 bits per heavy atom. The van der Waals surface area contributed by atoms with Crippen LogP contribution in [0.1, 0.15) is 34.1 Å². The van der Waals surface area contributed by atoms with E-state index in [-0.39, 0.29) is 5.92 Å². The maximum atomic E-state index is 9.13. The molecule has 1 rings (SSSR count). The van der Waals surface area contributed by atoms with Crippen LogP contribution in [0.4, 0.5) is 0 Å². The van der Waals surface area contributed by atoms with Crippen molar-refractivity contribution >= 4 is 5.71 Å². The van der Waals surface area contributed by atoms with E-state index < -0.39 is 6.04 Å². The predicted molar refractivity (Wildman–Crippen MR) is 69.0 cm³/mol. The van der Waals surface area contributed by atoms with Crippen LogP contribution in [-0.2, 0) is 4.74 Å². The topological polar surface area (TPSA) is 67.8 Å². The van der Waals surface area contributed by atoms with E-state index >= 15 is 0 Å². The molecule has 3 atom stereocenters. The molecule has 1 aliphatic heterocycles. The number of nitrogens with zero attached hydrogens (tertiary/aromatic N) is 1. The van der Waals surface area contributed by atoms with Crippen LogP contribution in [0.25, 0.3) is 0 Å². The molecule has 3 N–H and O–H groups in total. The zero-order valence-corrected chi connectivity index (χ0v) is 11.2. The largest absolute Gasteiger partial charge is 0.496 e. The third-order valence-corrected chi connectivity index (χ3v) is 3.03. The van der Waals surface area contributed by atoms with Crippen LogP contribution >= 0.6 is 0 Å². The zero-order chi connectivity index (χ0) is 13.0. The van der Waals surface area contributed by atoms with Crippen molar-refractivity contribution in [1.82, 2.24) is 0 Å². The van der Waals surface area contributed by atoms with E-state index in [1.54, 1.807) is 0 Å². The minimum Gasteiger partial charge on any atom is -0.496 e. The molecule has 0 radical (unpaired) electrons. The fourth-order valence-corrected chi connectivity index (χ4v) is 2.24. The molecule has 0 aromatic heterocycles. The lowest BCUT2D eigenvalue weighted by Gasteiger charge is -2.21. The predicted octanol–water partition coefficient (Wildman–Crippen LogP) is 2.38. The highest BCUT2D eigenvalue weighted by Crippen LogP contribution is 2.22. The summed E-state index contributed by atoms with van der Waals surface area (Å²) in [5, 5.41) is 12.5. The summed E-state index contributed by atoms with van der Waals surface area (Å²) >= 11 is 0. The van der Waals surface area contributed by atoms with Gasteiger partial charge in [-0.25, -0.2) is 0 Å². The van der Waals surface area contributed by atoms with Crippen molar-refractivity contribution in [3.63, 3.8) is 0 Å². The van der Waals surface area contributed by atoms with Crippen LogP contribution in [0.2, 0.25) is 0 Å². The summed E-state index contributed by atoms with van der Waals surface area (Å²) in [7, 11) is 0. The monoisotopic (exact) mass is 240 g/mol. The van der Waals surface area contributed by atoms with Crippen molar-refractivity contribution < 1.29 is 9.94 Å². The van der Waals surface area contributed by atoms with Crippen molar-refractivity contribution in [2.45, 2.75) is 40.2 Å². The molecule has 4 nitrogen and oxygen atoms in total. The first-order valence-corrected chi connectivity index (χ1v) is 6.27. The Labute approximate surface area is 104 Å². The number of hydrogen-bond donors (Lipinski definition) is 2. The highest BCUT2D eigenvalue weighted by atomic mass is 16.5. The Balaban J connectivity index is 2.71. The molecular formula is C13H24N2O2. The van der Waals surface area contributed by atoms with Gasteiger partial charge in [-0.1, -0.05) is 32.9 Å². The molecule has 0 spiro atoms. The van der Waals surface area contributed by atoms with Crippen molar-refractivity contribution in [2.75, 3.05) is 6.61 Å². The Bertz CT molecular complexity index is 311. The van der Waals surface area contributed by atoms with Crippen LogP contribution < -0.4 is 5.73 Å². The van der Waals surface area contributed by atoms with Gasteiger partial charge in [0, 0.05) is 11.8 Å². The quantitative estimate of drug-likeness (QED) is 0.440. The molecule has 0 aromatic rings. The van der Waals surface area contributed by atoms with Gasteiger partial charge < -0.3 is 15.7 Å². The number of ether oxygens (including phenoxy) is 1. The maximum absolute atomic E-state index is 9.13. The Morgan fingerprint density at radius 3 is 2.65 bits per heavy atom. The van der Waals surface area contributed by atoms with Crippen LogP contribution in [0.3, 0.4) is 0 Å². The first-order chi connectivity index (χ1) is 7.95. The first-order valence-electron chi connectivity index (χ1n) is 6.27. The van der Waals surface area contributed by atoms with Crippen molar-refractivity contribution in [3.05, 3.63) is 11.8 Å². The molecule has 1 aliphatic rings. The van der Waals surface area contributed by atoms with Gasteiger partial charge in [-0.05, 0) is 18.4 Å². The Morgan fingerprint density at radius 2 is 2.24 bits per heavy atom. The second-order valence-electron chi connectivity index (χ2n) is 5.39. The summed E-state index contributed by atoms with van der Waals surface area (Å²) in [6.45, 7) is 9.07. The number of rotatable bonds is 5. The van der Waals surface area contributed by atoms with E-state index in [1.807, 2.05) is 13.0 Å². The number of nitrogens with two attached hydrogens (primary N) is 1. The van der Waals surface area contributed by atoms with E-state index in [1.165, 1.54) is 0 Å². The molecule has 3 unspecified atom stereocenters. The van der Waals surface area contributed by atoms with Gasteiger partial charge in [0.05, 0.1) is 12.3 Å². The lowest BCUT2D eigenvalue weighted by Crippen LogP contribution is -2.37. The Kier molecular flexibility index (Phi) is 5.00. The summed E-state index contributed by atoms with van der Waals surface area (Å²) in [6, 6.07) is -0.418. The number of hydrogen-bond acceptors (Lipinski definition) is 4. The lowest BCUT2D eigenvalue weighted by molar-refractivity contribution is 0.212. The lowest BCUT2D eigenvalue weighted by atomic mass is 9.90. The second-order valence-corrected chi connectivity index (χ2v) is 5.39. The van der Waals surface area contributed by atoms with Crippen molar-refractivity contribution in [2.24, 2.45) is 28.6 Å². The summed E-state index contributed by atoms with van der Waals surface area (Å²) in [5.74, 6) is 1.83. The van der Waals surface area contributed by atoms with Gasteiger partial charge in [-0.15, -0.1) is 0 Å². The van der Waals surface area contributed by atoms with E-state index in [4.69, 9.17) is 15.7 Å². The third-order valence-electron chi connectivity index (χ3n) is 3.03. The minimum absolute atomic E-state index is 0.162. The van der Waals surface area contributed by atoms with Crippen LogP contribution in [0, 0.1) is 17.8 Å². The van der Waals surface area contributed by atoms with E-state index in [0.29, 0.717) is 24.2 Å². The molecule has 0 bridgehead atoms. The van der Waals surface area contributed by atoms with Gasteiger partial charge in [0.25, 0.3) is 0 Å². The molecule has 4 heteroatoms. The fourth-order valence-electron chi connectivity index (χ4n) is 2.24. The minimum atomic E-state index is -0.418. The van der Waals surface area contributed by atoms with Crippen LogP contribution in [-0.4, -0.2) is 23.6 Å². The van der Waals surface area contributed by atoms with Crippen LogP contribution in [0.15, 0.2) is 17.0 Å². The van der Waals surface area contributed by atoms with E-state index in [9.17, 15) is 0 Å². The van der Waals surface area contributed by atoms with Gasteiger partial charge in [0.1, 0.15) is 11.8 Å². The number of oxime groups is 1. The maximum Gasteiger partial charge on any atom is 0.115 e. The second kappa shape index (κ2) is 6.05. The first kappa shape index (κ1) is 14.0. The summed E-state index contributed by atoms with van der Waals surface area (Å²) in [5.41, 5.74) is 6.70.